The van der Waals surface area contributed by atoms with E-state index in [1.165, 1.54) is 52.6 Å². The summed E-state index contributed by atoms with van der Waals surface area (Å²) in [7, 11) is 0. The lowest BCUT2D eigenvalue weighted by molar-refractivity contribution is 0.462. The van der Waals surface area contributed by atoms with E-state index < -0.39 is 0 Å². The maximum atomic E-state index is 5.23. The van der Waals surface area contributed by atoms with Crippen molar-refractivity contribution in [2.75, 3.05) is 6.54 Å². The van der Waals surface area contributed by atoms with Crippen molar-refractivity contribution in [3.8, 4) is 22.6 Å². The topological polar surface area (TPSA) is 50.7 Å². The van der Waals surface area contributed by atoms with E-state index in [-0.39, 0.29) is 0 Å². The standard InChI is InChI=1S/C32H36N4/c1-4-23-11-8-12-24(5-2)30(23)32-35-22(3)27(31(36-32)26-16-19-33-20-17-26)18-21-34-29-15-9-13-25-10-6-7-14-28(25)29/h6-8,10-12,14,16-17,19-20,29,34H,4-5,9,13,15,18,21H2,1-3H3/t29-/m0/s1. The summed E-state index contributed by atoms with van der Waals surface area (Å²) in [4.78, 5) is 14.6. The van der Waals surface area contributed by atoms with Gasteiger partial charge in [0.25, 0.3) is 0 Å². The number of fused-ring (bicyclic) bond motifs is 1. The highest BCUT2D eigenvalue weighted by Gasteiger charge is 2.21. The molecule has 0 saturated carbocycles. The Kier molecular flexibility index (Phi) is 7.52. The second-order valence-electron chi connectivity index (χ2n) is 9.70. The number of nitrogens with one attached hydrogen (secondary N) is 1. The molecule has 0 fully saturated rings. The molecule has 0 unspecified atom stereocenters. The molecule has 2 aromatic heterocycles. The van der Waals surface area contributed by atoms with Gasteiger partial charge in [-0.2, -0.15) is 0 Å². The number of hydrogen-bond donors (Lipinski definition) is 1. The van der Waals surface area contributed by atoms with E-state index >= 15 is 0 Å². The van der Waals surface area contributed by atoms with E-state index in [1.54, 1.807) is 0 Å². The first-order valence-corrected chi connectivity index (χ1v) is 13.4. The monoisotopic (exact) mass is 476 g/mol. The summed E-state index contributed by atoms with van der Waals surface area (Å²) >= 11 is 0. The van der Waals surface area contributed by atoms with Gasteiger partial charge in [0.15, 0.2) is 5.82 Å². The summed E-state index contributed by atoms with van der Waals surface area (Å²) < 4.78 is 0. The highest BCUT2D eigenvalue weighted by atomic mass is 14.9. The molecule has 1 aliphatic rings. The number of rotatable bonds is 8. The molecule has 5 rings (SSSR count). The molecule has 0 saturated heterocycles. The van der Waals surface area contributed by atoms with Crippen molar-refractivity contribution in [1.82, 2.24) is 20.3 Å². The average Bonchev–Trinajstić information content (AvgIpc) is 2.93. The molecule has 4 aromatic rings. The van der Waals surface area contributed by atoms with Gasteiger partial charge in [-0.1, -0.05) is 56.3 Å². The van der Waals surface area contributed by atoms with Crippen molar-refractivity contribution in [3.05, 3.63) is 101 Å². The fraction of sp³-hybridized carbons (Fsp3) is 0.344. The van der Waals surface area contributed by atoms with Crippen LogP contribution in [0.1, 0.15) is 66.2 Å². The molecule has 1 N–H and O–H groups in total. The van der Waals surface area contributed by atoms with Crippen LogP contribution in [0.2, 0.25) is 0 Å². The van der Waals surface area contributed by atoms with Gasteiger partial charge in [0.2, 0.25) is 0 Å². The molecule has 2 aromatic carbocycles. The predicted octanol–water partition coefficient (Wildman–Crippen LogP) is 6.85. The van der Waals surface area contributed by atoms with Crippen LogP contribution >= 0.6 is 0 Å². The van der Waals surface area contributed by atoms with Gasteiger partial charge >= 0.3 is 0 Å². The summed E-state index contributed by atoms with van der Waals surface area (Å²) in [5, 5.41) is 3.85. The Labute approximate surface area is 215 Å². The fourth-order valence-corrected chi connectivity index (χ4v) is 5.62. The minimum absolute atomic E-state index is 0.420. The second-order valence-corrected chi connectivity index (χ2v) is 9.70. The summed E-state index contributed by atoms with van der Waals surface area (Å²) in [6.07, 6.45) is 10.1. The summed E-state index contributed by atoms with van der Waals surface area (Å²) in [5.41, 5.74) is 11.2. The number of hydrogen-bond acceptors (Lipinski definition) is 4. The van der Waals surface area contributed by atoms with Crippen LogP contribution in [0.4, 0.5) is 0 Å². The predicted molar refractivity (Wildman–Crippen MR) is 148 cm³/mol. The van der Waals surface area contributed by atoms with E-state index in [2.05, 4.69) is 85.7 Å². The maximum absolute atomic E-state index is 5.23. The molecule has 184 valence electrons. The van der Waals surface area contributed by atoms with Gasteiger partial charge in [-0.15, -0.1) is 0 Å². The lowest BCUT2D eigenvalue weighted by atomic mass is 9.87. The summed E-state index contributed by atoms with van der Waals surface area (Å²) in [6.45, 7) is 7.45. The number of pyridine rings is 1. The van der Waals surface area contributed by atoms with Crippen LogP contribution in [0, 0.1) is 6.92 Å². The molecule has 0 spiro atoms. The lowest BCUT2D eigenvalue weighted by Crippen LogP contribution is -2.27. The van der Waals surface area contributed by atoms with Crippen LogP contribution in [0.25, 0.3) is 22.6 Å². The Morgan fingerprint density at radius 1 is 0.889 bits per heavy atom. The van der Waals surface area contributed by atoms with Crippen LogP contribution in [-0.4, -0.2) is 21.5 Å². The Balaban J connectivity index is 1.49. The third-order valence-electron chi connectivity index (χ3n) is 7.53. The minimum Gasteiger partial charge on any atom is -0.310 e. The van der Waals surface area contributed by atoms with E-state index in [4.69, 9.17) is 9.97 Å². The van der Waals surface area contributed by atoms with Gasteiger partial charge in [-0.25, -0.2) is 9.97 Å². The van der Waals surface area contributed by atoms with Gasteiger partial charge in [0, 0.05) is 40.8 Å². The fourth-order valence-electron chi connectivity index (χ4n) is 5.62. The summed E-state index contributed by atoms with van der Waals surface area (Å²) in [5.74, 6) is 0.839. The molecule has 36 heavy (non-hydrogen) atoms. The molecule has 4 heteroatoms. The van der Waals surface area contributed by atoms with Crippen LogP contribution in [0.5, 0.6) is 0 Å². The molecule has 0 radical (unpaired) electrons. The average molecular weight is 477 g/mol. The minimum atomic E-state index is 0.420. The molecule has 0 aliphatic heterocycles. The molecular weight excluding hydrogens is 440 g/mol. The van der Waals surface area contributed by atoms with E-state index in [9.17, 15) is 0 Å². The number of benzene rings is 2. The Morgan fingerprint density at radius 3 is 2.39 bits per heavy atom. The lowest BCUT2D eigenvalue weighted by Gasteiger charge is -2.26. The molecule has 0 amide bonds. The third-order valence-corrected chi connectivity index (χ3v) is 7.53. The van der Waals surface area contributed by atoms with Gasteiger partial charge in [0.1, 0.15) is 0 Å². The van der Waals surface area contributed by atoms with Crippen molar-refractivity contribution in [2.45, 2.75) is 65.3 Å². The van der Waals surface area contributed by atoms with Crippen LogP contribution in [-0.2, 0) is 25.7 Å². The first kappa shape index (κ1) is 24.3. The van der Waals surface area contributed by atoms with Gasteiger partial charge in [-0.3, -0.25) is 4.98 Å². The largest absolute Gasteiger partial charge is 0.310 e. The first-order valence-electron chi connectivity index (χ1n) is 13.4. The second kappa shape index (κ2) is 11.1. The smallest absolute Gasteiger partial charge is 0.160 e. The Morgan fingerprint density at radius 2 is 1.64 bits per heavy atom. The van der Waals surface area contributed by atoms with Crippen molar-refractivity contribution >= 4 is 0 Å². The summed E-state index contributed by atoms with van der Waals surface area (Å²) in [6, 6.07) is 20.0. The van der Waals surface area contributed by atoms with E-state index in [0.29, 0.717) is 6.04 Å². The number of nitrogens with zero attached hydrogens (tertiary/aromatic N) is 3. The van der Waals surface area contributed by atoms with Crippen molar-refractivity contribution in [2.24, 2.45) is 0 Å². The molecule has 1 aliphatic carbocycles. The van der Waals surface area contributed by atoms with Crippen molar-refractivity contribution < 1.29 is 0 Å². The zero-order valence-corrected chi connectivity index (χ0v) is 21.7. The Hall–Kier alpha value is -3.37. The highest BCUT2D eigenvalue weighted by molar-refractivity contribution is 5.71. The van der Waals surface area contributed by atoms with Crippen LogP contribution in [0.3, 0.4) is 0 Å². The van der Waals surface area contributed by atoms with Crippen molar-refractivity contribution in [1.29, 1.82) is 0 Å². The first-order chi connectivity index (χ1) is 17.7. The number of aryl methyl sites for hydroxylation is 4. The molecular formula is C32H36N4. The van der Waals surface area contributed by atoms with Gasteiger partial charge in [-0.05, 0) is 86.4 Å². The van der Waals surface area contributed by atoms with E-state index in [0.717, 1.165) is 48.6 Å². The molecule has 0 bridgehead atoms. The van der Waals surface area contributed by atoms with Gasteiger partial charge in [0.05, 0.1) is 5.69 Å². The third kappa shape index (κ3) is 4.96. The maximum Gasteiger partial charge on any atom is 0.160 e. The van der Waals surface area contributed by atoms with Gasteiger partial charge < -0.3 is 5.32 Å². The Bertz CT molecular complexity index is 1310. The van der Waals surface area contributed by atoms with Crippen molar-refractivity contribution in [3.63, 3.8) is 0 Å². The molecule has 4 nitrogen and oxygen atoms in total. The SMILES string of the molecule is CCc1cccc(CC)c1-c1nc(C)c(CCN[C@H]2CCCc3ccccc32)c(-c2ccncc2)n1. The normalized spacial score (nSPS) is 15.0. The zero-order chi connectivity index (χ0) is 24.9. The number of aromatic nitrogens is 3. The van der Waals surface area contributed by atoms with Crippen LogP contribution < -0.4 is 5.32 Å². The van der Waals surface area contributed by atoms with Crippen LogP contribution in [0.15, 0.2) is 67.0 Å². The quantitative estimate of drug-likeness (QED) is 0.302. The highest BCUT2D eigenvalue weighted by Crippen LogP contribution is 2.32. The zero-order valence-electron chi connectivity index (χ0n) is 21.7. The molecule has 2 heterocycles. The molecule has 1 atom stereocenters. The van der Waals surface area contributed by atoms with E-state index in [1.807, 2.05) is 12.4 Å².